The van der Waals surface area contributed by atoms with E-state index in [0.717, 1.165) is 5.56 Å². The number of amides is 1. The Kier molecular flexibility index (Phi) is 11.0. The monoisotopic (exact) mass is 556 g/mol. The highest BCUT2D eigenvalue weighted by Crippen LogP contribution is 2.30. The zero-order valence-corrected chi connectivity index (χ0v) is 22.5. The van der Waals surface area contributed by atoms with E-state index in [1.807, 2.05) is 30.3 Å². The van der Waals surface area contributed by atoms with Crippen molar-refractivity contribution in [2.45, 2.75) is 38.5 Å². The van der Waals surface area contributed by atoms with Crippen molar-refractivity contribution < 1.29 is 47.6 Å². The quantitative estimate of drug-likeness (QED) is 0.187. The predicted molar refractivity (Wildman–Crippen MR) is 139 cm³/mol. The molecule has 1 N–H and O–H groups in total. The Labute approximate surface area is 231 Å². The van der Waals surface area contributed by atoms with Gasteiger partial charge in [-0.3, -0.25) is 14.4 Å². The number of nitrogens with zero attached hydrogens (tertiary/aromatic N) is 1. The molecule has 12 heteroatoms. The van der Waals surface area contributed by atoms with Crippen LogP contribution in [0.15, 0.2) is 55.3 Å². The minimum atomic E-state index is -1.37. The van der Waals surface area contributed by atoms with Gasteiger partial charge in [-0.15, -0.1) is 6.58 Å². The molecule has 0 spiro atoms. The summed E-state index contributed by atoms with van der Waals surface area (Å²) in [4.78, 5) is 54.7. The van der Waals surface area contributed by atoms with Gasteiger partial charge in [0.25, 0.3) is 5.91 Å². The zero-order chi connectivity index (χ0) is 29.1. The Morgan fingerprint density at radius 1 is 1.18 bits per heavy atom. The van der Waals surface area contributed by atoms with Crippen LogP contribution in [-0.4, -0.2) is 74.2 Å². The molecule has 1 aliphatic rings. The van der Waals surface area contributed by atoms with Gasteiger partial charge < -0.3 is 33.7 Å². The van der Waals surface area contributed by atoms with Gasteiger partial charge in [0, 0.05) is 19.2 Å². The molecular formula is C28H32N2O10. The van der Waals surface area contributed by atoms with Crippen molar-refractivity contribution >= 4 is 23.8 Å². The SMILES string of the molecule is C=CCOC1C(C)OC(=O)C(NC(=O)c2nccc(OC)c2OCOC(C)=O)COC(=O)C1Cc1ccccc1. The van der Waals surface area contributed by atoms with Crippen molar-refractivity contribution in [3.05, 3.63) is 66.5 Å². The summed E-state index contributed by atoms with van der Waals surface area (Å²) in [7, 11) is 1.35. The van der Waals surface area contributed by atoms with Gasteiger partial charge in [-0.2, -0.15) is 0 Å². The number of methoxy groups -OCH3 is 1. The molecule has 1 aromatic carbocycles. The summed E-state index contributed by atoms with van der Waals surface area (Å²) >= 11 is 0. The van der Waals surface area contributed by atoms with Crippen LogP contribution in [0.25, 0.3) is 0 Å². The fourth-order valence-corrected chi connectivity index (χ4v) is 4.02. The topological polar surface area (TPSA) is 149 Å². The molecular weight excluding hydrogens is 524 g/mol. The molecule has 0 saturated carbocycles. The maximum absolute atomic E-state index is 13.3. The molecule has 4 atom stereocenters. The molecule has 0 aliphatic carbocycles. The fraction of sp³-hybridized carbons (Fsp3) is 0.393. The second kappa shape index (κ2) is 14.6. The normalized spacial score (nSPS) is 21.0. The van der Waals surface area contributed by atoms with Crippen LogP contribution in [0.1, 0.15) is 29.9 Å². The molecule has 214 valence electrons. The number of carbonyl (C=O) groups is 4. The van der Waals surface area contributed by atoms with Gasteiger partial charge in [0.15, 0.2) is 23.2 Å². The second-order valence-electron chi connectivity index (χ2n) is 8.77. The van der Waals surface area contributed by atoms with Gasteiger partial charge in [0.2, 0.25) is 6.79 Å². The van der Waals surface area contributed by atoms with Gasteiger partial charge >= 0.3 is 17.9 Å². The van der Waals surface area contributed by atoms with Crippen molar-refractivity contribution in [3.8, 4) is 11.5 Å². The Hall–Kier alpha value is -4.45. The van der Waals surface area contributed by atoms with E-state index in [-0.39, 0.29) is 30.2 Å². The van der Waals surface area contributed by atoms with Crippen LogP contribution in [0.3, 0.4) is 0 Å². The van der Waals surface area contributed by atoms with Gasteiger partial charge in [0.1, 0.15) is 18.8 Å². The molecule has 2 aromatic rings. The highest BCUT2D eigenvalue weighted by atomic mass is 16.7. The molecule has 12 nitrogen and oxygen atoms in total. The summed E-state index contributed by atoms with van der Waals surface area (Å²) in [5.41, 5.74) is 0.609. The molecule has 40 heavy (non-hydrogen) atoms. The third-order valence-electron chi connectivity index (χ3n) is 5.92. The summed E-state index contributed by atoms with van der Waals surface area (Å²) in [6.45, 7) is 5.56. The van der Waals surface area contributed by atoms with Gasteiger partial charge in [-0.1, -0.05) is 36.4 Å². The number of nitrogens with one attached hydrogen (secondary N) is 1. The first-order valence-corrected chi connectivity index (χ1v) is 12.5. The van der Waals surface area contributed by atoms with Crippen molar-refractivity contribution in [1.29, 1.82) is 0 Å². The largest absolute Gasteiger partial charge is 0.493 e. The number of benzene rings is 1. The van der Waals surface area contributed by atoms with E-state index < -0.39 is 61.4 Å². The number of aromatic nitrogens is 1. The minimum Gasteiger partial charge on any atom is -0.493 e. The number of hydrogen-bond acceptors (Lipinski definition) is 11. The molecule has 1 aliphatic heterocycles. The second-order valence-corrected chi connectivity index (χ2v) is 8.77. The van der Waals surface area contributed by atoms with Crippen molar-refractivity contribution in [2.75, 3.05) is 27.1 Å². The summed E-state index contributed by atoms with van der Waals surface area (Å²) < 4.78 is 32.4. The molecule has 1 aromatic heterocycles. The Morgan fingerprint density at radius 3 is 2.60 bits per heavy atom. The number of ether oxygens (including phenoxy) is 6. The van der Waals surface area contributed by atoms with E-state index >= 15 is 0 Å². The third kappa shape index (κ3) is 8.03. The standard InChI is InChI=1S/C28H32N2O10/c1-5-13-36-24-17(2)40-28(34)21(15-37-27(33)20(24)14-19-9-7-6-8-10-19)30-26(32)23-25(39-16-38-18(3)31)22(35-4)11-12-29-23/h5-12,17,20-21,24H,1,13-16H2,2-4H3,(H,30,32). The van der Waals surface area contributed by atoms with Crippen LogP contribution in [0.5, 0.6) is 11.5 Å². The maximum atomic E-state index is 13.3. The van der Waals surface area contributed by atoms with Gasteiger partial charge in [-0.05, 0) is 18.9 Å². The van der Waals surface area contributed by atoms with E-state index in [1.54, 1.807) is 6.92 Å². The molecule has 1 amide bonds. The maximum Gasteiger partial charge on any atom is 0.332 e. The number of carbonyl (C=O) groups excluding carboxylic acids is 4. The average Bonchev–Trinajstić information content (AvgIpc) is 2.97. The van der Waals surface area contributed by atoms with Gasteiger partial charge in [-0.25, -0.2) is 9.78 Å². The Morgan fingerprint density at radius 2 is 1.93 bits per heavy atom. The molecule has 4 unspecified atom stereocenters. The average molecular weight is 557 g/mol. The predicted octanol–water partition coefficient (Wildman–Crippen LogP) is 2.01. The molecule has 2 heterocycles. The lowest BCUT2D eigenvalue weighted by Gasteiger charge is -2.29. The first kappa shape index (κ1) is 30.1. The number of rotatable bonds is 11. The number of hydrogen-bond donors (Lipinski definition) is 1. The fourth-order valence-electron chi connectivity index (χ4n) is 4.02. The minimum absolute atomic E-state index is 0.114. The van der Waals surface area contributed by atoms with Crippen LogP contribution in [0, 0.1) is 5.92 Å². The number of pyridine rings is 1. The highest BCUT2D eigenvalue weighted by molar-refractivity contribution is 5.98. The lowest BCUT2D eigenvalue weighted by Crippen LogP contribution is -2.46. The Balaban J connectivity index is 1.83. The highest BCUT2D eigenvalue weighted by Gasteiger charge is 2.40. The summed E-state index contributed by atoms with van der Waals surface area (Å²) in [5.74, 6) is -3.69. The van der Waals surface area contributed by atoms with E-state index in [1.165, 1.54) is 32.4 Å². The molecule has 3 rings (SSSR count). The summed E-state index contributed by atoms with van der Waals surface area (Å²) in [6, 6.07) is 9.36. The van der Waals surface area contributed by atoms with E-state index in [4.69, 9.17) is 28.4 Å². The number of esters is 3. The summed E-state index contributed by atoms with van der Waals surface area (Å²) in [6.07, 6.45) is 1.38. The van der Waals surface area contributed by atoms with Gasteiger partial charge in [0.05, 0.1) is 19.6 Å². The molecule has 1 fully saturated rings. The van der Waals surface area contributed by atoms with Crippen molar-refractivity contribution in [1.82, 2.24) is 10.3 Å². The van der Waals surface area contributed by atoms with E-state index in [2.05, 4.69) is 16.9 Å². The molecule has 0 radical (unpaired) electrons. The first-order valence-electron chi connectivity index (χ1n) is 12.5. The van der Waals surface area contributed by atoms with Crippen molar-refractivity contribution in [3.63, 3.8) is 0 Å². The van der Waals surface area contributed by atoms with Crippen LogP contribution in [-0.2, 0) is 39.8 Å². The van der Waals surface area contributed by atoms with E-state index in [0.29, 0.717) is 0 Å². The van der Waals surface area contributed by atoms with Crippen LogP contribution in [0.2, 0.25) is 0 Å². The van der Waals surface area contributed by atoms with E-state index in [9.17, 15) is 19.2 Å². The van der Waals surface area contributed by atoms with Crippen LogP contribution < -0.4 is 14.8 Å². The number of cyclic esters (lactones) is 2. The lowest BCUT2D eigenvalue weighted by molar-refractivity contribution is -0.163. The first-order chi connectivity index (χ1) is 19.2. The summed E-state index contributed by atoms with van der Waals surface area (Å²) in [5, 5.41) is 2.48. The van der Waals surface area contributed by atoms with Crippen LogP contribution >= 0.6 is 0 Å². The third-order valence-corrected chi connectivity index (χ3v) is 5.92. The zero-order valence-electron chi connectivity index (χ0n) is 22.5. The smallest absolute Gasteiger partial charge is 0.332 e. The molecule has 1 saturated heterocycles. The lowest BCUT2D eigenvalue weighted by atomic mass is 9.91. The Bertz CT molecular complexity index is 1200. The van der Waals surface area contributed by atoms with Crippen LogP contribution in [0.4, 0.5) is 0 Å². The molecule has 0 bridgehead atoms. The van der Waals surface area contributed by atoms with Crippen molar-refractivity contribution in [2.24, 2.45) is 5.92 Å².